The van der Waals surface area contributed by atoms with Crippen molar-refractivity contribution in [2.45, 2.75) is 44.1 Å². The topological polar surface area (TPSA) is 50.4 Å². The lowest BCUT2D eigenvalue weighted by Gasteiger charge is -2.38. The molecule has 0 aromatic heterocycles. The summed E-state index contributed by atoms with van der Waals surface area (Å²) in [4.78, 5) is 12.6. The highest BCUT2D eigenvalue weighted by atomic mass is 79.9. The Morgan fingerprint density at radius 2 is 2.00 bits per heavy atom. The summed E-state index contributed by atoms with van der Waals surface area (Å²) in [5.41, 5.74) is 1.29. The Kier molecular flexibility index (Phi) is 7.74. The van der Waals surface area contributed by atoms with E-state index in [0.717, 1.165) is 49.9 Å². The molecule has 2 saturated heterocycles. The maximum absolute atomic E-state index is 12.6. The van der Waals surface area contributed by atoms with Crippen molar-refractivity contribution in [1.29, 1.82) is 0 Å². The van der Waals surface area contributed by atoms with E-state index < -0.39 is 0 Å². The average Bonchev–Trinajstić information content (AvgIpc) is 2.61. The monoisotopic (exact) mass is 430 g/mol. The summed E-state index contributed by atoms with van der Waals surface area (Å²) in [5.74, 6) is 0.356. The zero-order chi connectivity index (χ0) is 17.0. The quantitative estimate of drug-likeness (QED) is 0.768. The van der Waals surface area contributed by atoms with Gasteiger partial charge in [0.1, 0.15) is 0 Å². The first-order valence-corrected chi connectivity index (χ1v) is 9.73. The molecule has 6 heteroatoms. The van der Waals surface area contributed by atoms with Gasteiger partial charge >= 0.3 is 0 Å². The molecule has 2 fully saturated rings. The Balaban J connectivity index is 0.00000225. The van der Waals surface area contributed by atoms with E-state index in [4.69, 9.17) is 4.74 Å². The molecule has 0 saturated carbocycles. The smallest absolute Gasteiger partial charge is 0.223 e. The Hall–Kier alpha value is -0.620. The second-order valence-corrected chi connectivity index (χ2v) is 8.11. The summed E-state index contributed by atoms with van der Waals surface area (Å²) in [6.45, 7) is 5.31. The number of ether oxygens (including phenoxy) is 1. The fourth-order valence-corrected chi connectivity index (χ4v) is 4.17. The molecule has 2 aliphatic heterocycles. The van der Waals surface area contributed by atoms with Gasteiger partial charge in [-0.2, -0.15) is 0 Å². The number of benzene rings is 1. The number of piperidine rings is 1. The molecule has 25 heavy (non-hydrogen) atoms. The van der Waals surface area contributed by atoms with Crippen LogP contribution in [0.1, 0.15) is 38.2 Å². The average molecular weight is 432 g/mol. The molecule has 1 amide bonds. The summed E-state index contributed by atoms with van der Waals surface area (Å²) in [5, 5.41) is 6.67. The summed E-state index contributed by atoms with van der Waals surface area (Å²) in [7, 11) is 0. The Labute approximate surface area is 165 Å². The maximum Gasteiger partial charge on any atom is 0.223 e. The van der Waals surface area contributed by atoms with Crippen molar-refractivity contribution < 1.29 is 9.53 Å². The Bertz CT molecular complexity index is 561. The van der Waals surface area contributed by atoms with E-state index in [1.54, 1.807) is 0 Å². The molecule has 0 bridgehead atoms. The number of nitrogens with one attached hydrogen (secondary N) is 2. The lowest BCUT2D eigenvalue weighted by Crippen LogP contribution is -2.48. The van der Waals surface area contributed by atoms with Crippen molar-refractivity contribution >= 4 is 34.2 Å². The van der Waals surface area contributed by atoms with Crippen molar-refractivity contribution in [3.63, 3.8) is 0 Å². The molecule has 0 spiro atoms. The van der Waals surface area contributed by atoms with Gasteiger partial charge < -0.3 is 15.4 Å². The van der Waals surface area contributed by atoms with Crippen LogP contribution in [0.4, 0.5) is 0 Å². The van der Waals surface area contributed by atoms with E-state index in [0.29, 0.717) is 12.6 Å². The predicted molar refractivity (Wildman–Crippen MR) is 106 cm³/mol. The van der Waals surface area contributed by atoms with Crippen LogP contribution < -0.4 is 10.6 Å². The molecule has 2 aliphatic rings. The van der Waals surface area contributed by atoms with Crippen LogP contribution in [-0.2, 0) is 14.9 Å². The largest absolute Gasteiger partial charge is 0.381 e. The van der Waals surface area contributed by atoms with Gasteiger partial charge in [0, 0.05) is 41.6 Å². The molecule has 4 nitrogen and oxygen atoms in total. The van der Waals surface area contributed by atoms with Crippen molar-refractivity contribution in [1.82, 2.24) is 10.6 Å². The van der Waals surface area contributed by atoms with Crippen LogP contribution in [-0.4, -0.2) is 38.3 Å². The third-order valence-corrected chi connectivity index (χ3v) is 6.03. The van der Waals surface area contributed by atoms with Crippen LogP contribution in [0.25, 0.3) is 0 Å². The van der Waals surface area contributed by atoms with E-state index in [9.17, 15) is 4.79 Å². The fourth-order valence-electron chi connectivity index (χ4n) is 3.90. The van der Waals surface area contributed by atoms with Gasteiger partial charge in [-0.05, 0) is 56.8 Å². The van der Waals surface area contributed by atoms with Crippen molar-refractivity contribution in [2.24, 2.45) is 5.92 Å². The van der Waals surface area contributed by atoms with Gasteiger partial charge in [-0.15, -0.1) is 12.4 Å². The standard InChI is InChI=1S/C19H27BrN2O2.ClH/c1-14-12-15(6-9-21-14)18(23)22-13-19(7-10-24-11-8-19)16-2-4-17(20)5-3-16;/h2-5,14-15,21H,6-13H2,1H3,(H,22,23);1H/t14-,15-;/m0./s1. The van der Waals surface area contributed by atoms with E-state index >= 15 is 0 Å². The minimum absolute atomic E-state index is 0. The van der Waals surface area contributed by atoms with Crippen LogP contribution in [0.15, 0.2) is 28.7 Å². The molecule has 2 heterocycles. The zero-order valence-electron chi connectivity index (χ0n) is 14.7. The molecular weight excluding hydrogens is 404 g/mol. The molecule has 0 aliphatic carbocycles. The number of amides is 1. The highest BCUT2D eigenvalue weighted by molar-refractivity contribution is 9.10. The number of hydrogen-bond donors (Lipinski definition) is 2. The highest BCUT2D eigenvalue weighted by Crippen LogP contribution is 2.35. The van der Waals surface area contributed by atoms with E-state index in [1.807, 2.05) is 0 Å². The van der Waals surface area contributed by atoms with Gasteiger partial charge in [-0.25, -0.2) is 0 Å². The first-order valence-electron chi connectivity index (χ1n) is 8.94. The molecule has 3 rings (SSSR count). The van der Waals surface area contributed by atoms with Crippen LogP contribution in [0.2, 0.25) is 0 Å². The van der Waals surface area contributed by atoms with Gasteiger partial charge in [-0.1, -0.05) is 28.1 Å². The maximum atomic E-state index is 12.6. The molecule has 2 N–H and O–H groups in total. The van der Waals surface area contributed by atoms with Crippen LogP contribution >= 0.6 is 28.3 Å². The van der Waals surface area contributed by atoms with Gasteiger partial charge in [0.05, 0.1) is 0 Å². The molecule has 1 aromatic rings. The Morgan fingerprint density at radius 1 is 1.32 bits per heavy atom. The number of carbonyl (C=O) groups is 1. The van der Waals surface area contributed by atoms with E-state index in [2.05, 4.69) is 57.8 Å². The van der Waals surface area contributed by atoms with Crippen molar-refractivity contribution in [3.8, 4) is 0 Å². The second-order valence-electron chi connectivity index (χ2n) is 7.19. The zero-order valence-corrected chi connectivity index (χ0v) is 17.1. The van der Waals surface area contributed by atoms with Crippen LogP contribution in [0.3, 0.4) is 0 Å². The Morgan fingerprint density at radius 3 is 2.64 bits per heavy atom. The first-order chi connectivity index (χ1) is 11.6. The van der Waals surface area contributed by atoms with Gasteiger partial charge in [-0.3, -0.25) is 4.79 Å². The summed E-state index contributed by atoms with van der Waals surface area (Å²) in [6.07, 6.45) is 3.78. The van der Waals surface area contributed by atoms with E-state index in [1.165, 1.54) is 5.56 Å². The number of hydrogen-bond acceptors (Lipinski definition) is 3. The van der Waals surface area contributed by atoms with Gasteiger partial charge in [0.25, 0.3) is 0 Å². The van der Waals surface area contributed by atoms with Crippen molar-refractivity contribution in [3.05, 3.63) is 34.3 Å². The van der Waals surface area contributed by atoms with Crippen molar-refractivity contribution in [2.75, 3.05) is 26.3 Å². The molecule has 0 radical (unpaired) electrons. The van der Waals surface area contributed by atoms with Crippen LogP contribution in [0, 0.1) is 5.92 Å². The van der Waals surface area contributed by atoms with E-state index in [-0.39, 0.29) is 29.6 Å². The molecular formula is C19H28BrClN2O2. The second kappa shape index (κ2) is 9.36. The van der Waals surface area contributed by atoms with Crippen LogP contribution in [0.5, 0.6) is 0 Å². The number of rotatable bonds is 4. The lowest BCUT2D eigenvalue weighted by molar-refractivity contribution is -0.126. The fraction of sp³-hybridized carbons (Fsp3) is 0.632. The first kappa shape index (κ1) is 20.7. The molecule has 140 valence electrons. The third kappa shape index (κ3) is 5.19. The normalized spacial score (nSPS) is 25.7. The lowest BCUT2D eigenvalue weighted by atomic mass is 9.74. The summed E-state index contributed by atoms with van der Waals surface area (Å²) in [6, 6.07) is 8.95. The number of carbonyl (C=O) groups excluding carboxylic acids is 1. The molecule has 2 atom stereocenters. The summed E-state index contributed by atoms with van der Waals surface area (Å²) >= 11 is 3.51. The minimum Gasteiger partial charge on any atom is -0.381 e. The van der Waals surface area contributed by atoms with Gasteiger partial charge in [0.2, 0.25) is 5.91 Å². The minimum atomic E-state index is -0.00680. The third-order valence-electron chi connectivity index (χ3n) is 5.50. The predicted octanol–water partition coefficient (Wildman–Crippen LogP) is 3.42. The highest BCUT2D eigenvalue weighted by Gasteiger charge is 2.35. The molecule has 1 aromatic carbocycles. The number of halogens is 2. The summed E-state index contributed by atoms with van der Waals surface area (Å²) < 4.78 is 6.66. The molecule has 0 unspecified atom stereocenters. The van der Waals surface area contributed by atoms with Gasteiger partial charge in [0.15, 0.2) is 0 Å². The SMILES string of the molecule is C[C@H]1C[C@@H](C(=O)NCC2(c3ccc(Br)cc3)CCOCC2)CCN1.Cl.